The van der Waals surface area contributed by atoms with E-state index >= 15 is 0 Å². The number of carbonyl (C=O) groups excluding carboxylic acids is 1. The SMILES string of the molecule is C/C(=C/C[C@H](O[Si](C)(C)C(C)(C)C)[C@H](C)OCc1ccccc1)CC(C)/C=C(\C)C=O. The van der Waals surface area contributed by atoms with Crippen LogP contribution in [0.1, 0.15) is 66.9 Å². The van der Waals surface area contributed by atoms with Gasteiger partial charge in [-0.15, -0.1) is 0 Å². The van der Waals surface area contributed by atoms with Crippen LogP contribution in [0.15, 0.2) is 53.6 Å². The summed E-state index contributed by atoms with van der Waals surface area (Å²) in [6.45, 7) is 20.3. The van der Waals surface area contributed by atoms with Crippen molar-refractivity contribution in [2.24, 2.45) is 5.92 Å². The zero-order valence-corrected chi connectivity index (χ0v) is 22.2. The van der Waals surface area contributed by atoms with Crippen molar-refractivity contribution in [3.05, 3.63) is 59.2 Å². The van der Waals surface area contributed by atoms with Gasteiger partial charge in [-0.1, -0.05) is 75.8 Å². The van der Waals surface area contributed by atoms with Crippen LogP contribution in [0.25, 0.3) is 0 Å². The van der Waals surface area contributed by atoms with E-state index in [1.54, 1.807) is 0 Å². The summed E-state index contributed by atoms with van der Waals surface area (Å²) in [6, 6.07) is 10.3. The Balaban J connectivity index is 2.89. The Labute approximate surface area is 192 Å². The van der Waals surface area contributed by atoms with Gasteiger partial charge in [-0.3, -0.25) is 4.79 Å². The van der Waals surface area contributed by atoms with E-state index in [2.05, 4.69) is 72.8 Å². The van der Waals surface area contributed by atoms with Crippen molar-refractivity contribution in [1.29, 1.82) is 0 Å². The highest BCUT2D eigenvalue weighted by Crippen LogP contribution is 2.38. The summed E-state index contributed by atoms with van der Waals surface area (Å²) >= 11 is 0. The zero-order valence-electron chi connectivity index (χ0n) is 21.2. The molecule has 0 aliphatic rings. The maximum absolute atomic E-state index is 10.9. The van der Waals surface area contributed by atoms with Gasteiger partial charge in [0.05, 0.1) is 18.8 Å². The van der Waals surface area contributed by atoms with Gasteiger partial charge in [0.2, 0.25) is 0 Å². The third-order valence-electron chi connectivity index (χ3n) is 6.21. The minimum Gasteiger partial charge on any atom is -0.411 e. The molecule has 0 bridgehead atoms. The summed E-state index contributed by atoms with van der Waals surface area (Å²) in [5.41, 5.74) is 3.29. The fourth-order valence-electron chi connectivity index (χ4n) is 3.26. The third-order valence-corrected chi connectivity index (χ3v) is 10.7. The second kappa shape index (κ2) is 12.5. The Kier molecular flexibility index (Phi) is 11.1. The number of hydrogen-bond donors (Lipinski definition) is 0. The van der Waals surface area contributed by atoms with Gasteiger partial charge >= 0.3 is 0 Å². The van der Waals surface area contributed by atoms with Crippen molar-refractivity contribution in [3.8, 4) is 0 Å². The fourth-order valence-corrected chi connectivity index (χ4v) is 4.65. The van der Waals surface area contributed by atoms with Gasteiger partial charge in [0.15, 0.2) is 8.32 Å². The molecule has 0 spiro atoms. The van der Waals surface area contributed by atoms with Crippen molar-refractivity contribution in [1.82, 2.24) is 0 Å². The Morgan fingerprint density at radius 1 is 1.10 bits per heavy atom. The van der Waals surface area contributed by atoms with Gasteiger partial charge in [0.25, 0.3) is 0 Å². The van der Waals surface area contributed by atoms with E-state index in [9.17, 15) is 4.79 Å². The third kappa shape index (κ3) is 10.1. The first kappa shape index (κ1) is 27.5. The van der Waals surface area contributed by atoms with Crippen LogP contribution in [0.2, 0.25) is 18.1 Å². The van der Waals surface area contributed by atoms with Crippen LogP contribution in [-0.4, -0.2) is 26.8 Å². The maximum atomic E-state index is 10.9. The normalized spacial score (nSPS) is 16.7. The van der Waals surface area contributed by atoms with E-state index in [-0.39, 0.29) is 17.2 Å². The number of ether oxygens (including phenoxy) is 1. The molecule has 31 heavy (non-hydrogen) atoms. The molecule has 1 unspecified atom stereocenters. The van der Waals surface area contributed by atoms with Crippen molar-refractivity contribution in [3.63, 3.8) is 0 Å². The van der Waals surface area contributed by atoms with Crippen molar-refractivity contribution < 1.29 is 14.0 Å². The average Bonchev–Trinajstić information content (AvgIpc) is 2.68. The Morgan fingerprint density at radius 2 is 1.71 bits per heavy atom. The number of aldehydes is 1. The molecule has 0 N–H and O–H groups in total. The predicted molar refractivity (Wildman–Crippen MR) is 135 cm³/mol. The number of hydrogen-bond acceptors (Lipinski definition) is 3. The molecule has 4 heteroatoms. The smallest absolute Gasteiger partial charge is 0.192 e. The lowest BCUT2D eigenvalue weighted by Crippen LogP contribution is -2.47. The first-order valence-electron chi connectivity index (χ1n) is 11.5. The number of rotatable bonds is 12. The second-order valence-electron chi connectivity index (χ2n) is 10.4. The summed E-state index contributed by atoms with van der Waals surface area (Å²) in [6.07, 6.45) is 7.04. The maximum Gasteiger partial charge on any atom is 0.192 e. The van der Waals surface area contributed by atoms with Crippen molar-refractivity contribution >= 4 is 14.6 Å². The highest BCUT2D eigenvalue weighted by Gasteiger charge is 2.40. The van der Waals surface area contributed by atoms with Gasteiger partial charge in [0.1, 0.15) is 6.29 Å². The lowest BCUT2D eigenvalue weighted by atomic mass is 9.98. The second-order valence-corrected chi connectivity index (χ2v) is 15.2. The highest BCUT2D eigenvalue weighted by atomic mass is 28.4. The van der Waals surface area contributed by atoms with Gasteiger partial charge in [-0.2, -0.15) is 0 Å². The molecular weight excluding hydrogens is 400 g/mol. The molecular formula is C27H44O3Si. The van der Waals surface area contributed by atoms with Crippen LogP contribution in [-0.2, 0) is 20.6 Å². The van der Waals surface area contributed by atoms with E-state index in [4.69, 9.17) is 9.16 Å². The Morgan fingerprint density at radius 3 is 2.26 bits per heavy atom. The fraction of sp³-hybridized carbons (Fsp3) is 0.593. The minimum absolute atomic E-state index is 0.00647. The lowest BCUT2D eigenvalue weighted by molar-refractivity contribution is -0.104. The summed E-state index contributed by atoms with van der Waals surface area (Å²) in [4.78, 5) is 10.9. The number of benzene rings is 1. The zero-order chi connectivity index (χ0) is 23.7. The van der Waals surface area contributed by atoms with Crippen LogP contribution in [0, 0.1) is 5.92 Å². The Hall–Kier alpha value is -1.49. The number of carbonyl (C=O) groups is 1. The lowest BCUT2D eigenvalue weighted by Gasteiger charge is -2.40. The molecule has 1 rings (SSSR count). The van der Waals surface area contributed by atoms with Crippen LogP contribution in [0.4, 0.5) is 0 Å². The van der Waals surface area contributed by atoms with Crippen LogP contribution in [0.5, 0.6) is 0 Å². The van der Waals surface area contributed by atoms with Gasteiger partial charge in [-0.05, 0) is 68.8 Å². The van der Waals surface area contributed by atoms with Crippen molar-refractivity contribution in [2.75, 3.05) is 0 Å². The molecule has 0 amide bonds. The molecule has 0 saturated carbocycles. The molecule has 1 aromatic carbocycles. The van der Waals surface area contributed by atoms with E-state index in [1.807, 2.05) is 31.2 Å². The monoisotopic (exact) mass is 444 g/mol. The summed E-state index contributed by atoms with van der Waals surface area (Å²) in [5, 5.41) is 0.148. The first-order chi connectivity index (χ1) is 14.4. The quantitative estimate of drug-likeness (QED) is 0.145. The first-order valence-corrected chi connectivity index (χ1v) is 14.4. The molecule has 0 aliphatic carbocycles. The minimum atomic E-state index is -1.93. The van der Waals surface area contributed by atoms with E-state index in [0.29, 0.717) is 12.5 Å². The van der Waals surface area contributed by atoms with Crippen LogP contribution < -0.4 is 0 Å². The van der Waals surface area contributed by atoms with Crippen LogP contribution in [0.3, 0.4) is 0 Å². The molecule has 1 aromatic rings. The molecule has 0 heterocycles. The van der Waals surface area contributed by atoms with E-state index in [1.165, 1.54) is 11.1 Å². The summed E-state index contributed by atoms with van der Waals surface area (Å²) < 4.78 is 13.0. The predicted octanol–water partition coefficient (Wildman–Crippen LogP) is 7.49. The van der Waals surface area contributed by atoms with Gasteiger partial charge in [0, 0.05) is 0 Å². The van der Waals surface area contributed by atoms with E-state index < -0.39 is 8.32 Å². The summed E-state index contributed by atoms with van der Waals surface area (Å²) in [7, 11) is -1.93. The van der Waals surface area contributed by atoms with Crippen LogP contribution >= 0.6 is 0 Å². The summed E-state index contributed by atoms with van der Waals surface area (Å²) in [5.74, 6) is 0.341. The van der Waals surface area contributed by atoms with Gasteiger partial charge in [-0.25, -0.2) is 0 Å². The molecule has 0 aromatic heterocycles. The highest BCUT2D eigenvalue weighted by molar-refractivity contribution is 6.74. The molecule has 0 radical (unpaired) electrons. The standard InChI is InChI=1S/C27H44O3Si/c1-21(17-22(2)18-23(3)19-28)15-16-26(30-31(8,9)27(5,6)7)24(4)29-20-25-13-11-10-12-14-25/h10-15,18-19,22,24,26H,16-17,20H2,1-9H3/b21-15-,23-18+/t22?,24-,26-/m0/s1. The molecule has 174 valence electrons. The number of allylic oxidation sites excluding steroid dienone is 3. The van der Waals surface area contributed by atoms with Crippen molar-refractivity contribution in [2.45, 2.75) is 98.3 Å². The molecule has 3 nitrogen and oxygen atoms in total. The largest absolute Gasteiger partial charge is 0.411 e. The molecule has 3 atom stereocenters. The van der Waals surface area contributed by atoms with E-state index in [0.717, 1.165) is 24.7 Å². The Bertz CT molecular complexity index is 729. The topological polar surface area (TPSA) is 35.5 Å². The van der Waals surface area contributed by atoms with Gasteiger partial charge < -0.3 is 9.16 Å². The molecule has 0 fully saturated rings. The average molecular weight is 445 g/mol. The molecule has 0 aliphatic heterocycles. The molecule has 0 saturated heterocycles.